The van der Waals surface area contributed by atoms with Crippen molar-refractivity contribution in [2.45, 2.75) is 12.1 Å². The largest absolute Gasteiger partial charge is 0.497 e. The highest BCUT2D eigenvalue weighted by atomic mass is 35.5. The number of allylic oxidation sites excluding steroid dienone is 1. The van der Waals surface area contributed by atoms with Gasteiger partial charge in [-0.1, -0.05) is 59.8 Å². The number of nitrogens with one attached hydrogen (secondary N) is 1. The van der Waals surface area contributed by atoms with E-state index in [0.29, 0.717) is 16.0 Å². The number of hydrogen-bond donors (Lipinski definition) is 1. The monoisotopic (exact) mass is 517 g/mol. The van der Waals surface area contributed by atoms with Gasteiger partial charge < -0.3 is 4.74 Å². The summed E-state index contributed by atoms with van der Waals surface area (Å²) in [5.74, 6) is 1.26. The molecular formula is C27H24ClN5O2S. The average Bonchev–Trinajstić information content (AvgIpc) is 3.32. The van der Waals surface area contributed by atoms with Crippen molar-refractivity contribution in [2.75, 3.05) is 12.9 Å². The van der Waals surface area contributed by atoms with Crippen LogP contribution in [0.2, 0.25) is 5.02 Å². The molecule has 1 N–H and O–H groups in total. The summed E-state index contributed by atoms with van der Waals surface area (Å²) >= 11 is 7.36. The highest BCUT2D eigenvalue weighted by molar-refractivity contribution is 7.99. The number of hydrazone groups is 1. The first-order valence-electron chi connectivity index (χ1n) is 11.1. The number of aromatic nitrogens is 3. The highest BCUT2D eigenvalue weighted by Crippen LogP contribution is 2.29. The molecule has 4 aromatic rings. The van der Waals surface area contributed by atoms with Gasteiger partial charge in [0.15, 0.2) is 11.0 Å². The maximum absolute atomic E-state index is 12.4. The van der Waals surface area contributed by atoms with Gasteiger partial charge in [0, 0.05) is 16.3 Å². The number of amides is 1. The molecule has 0 aliphatic heterocycles. The van der Waals surface area contributed by atoms with Crippen LogP contribution in [0, 0.1) is 0 Å². The van der Waals surface area contributed by atoms with Gasteiger partial charge >= 0.3 is 0 Å². The van der Waals surface area contributed by atoms with Gasteiger partial charge in [-0.2, -0.15) is 5.10 Å². The minimum absolute atomic E-state index is 0.118. The van der Waals surface area contributed by atoms with Crippen molar-refractivity contribution in [1.29, 1.82) is 0 Å². The first-order valence-corrected chi connectivity index (χ1v) is 12.4. The number of ether oxygens (including phenoxy) is 1. The third-order valence-corrected chi connectivity index (χ3v) is 6.23. The minimum atomic E-state index is -0.250. The van der Waals surface area contributed by atoms with Gasteiger partial charge in [0.2, 0.25) is 0 Å². The van der Waals surface area contributed by atoms with E-state index in [4.69, 9.17) is 16.3 Å². The molecule has 0 atom stereocenters. The number of rotatable bonds is 9. The number of carbonyl (C=O) groups excluding carboxylic acids is 1. The van der Waals surface area contributed by atoms with Crippen molar-refractivity contribution in [2.24, 2.45) is 5.10 Å². The van der Waals surface area contributed by atoms with Crippen LogP contribution in [0.3, 0.4) is 0 Å². The molecule has 0 bridgehead atoms. The molecule has 0 saturated heterocycles. The number of hydrogen-bond acceptors (Lipinski definition) is 6. The first-order chi connectivity index (χ1) is 17.5. The number of carbonyl (C=O) groups is 1. The van der Waals surface area contributed by atoms with Crippen LogP contribution in [-0.2, 0) is 4.79 Å². The molecule has 9 heteroatoms. The molecule has 36 heavy (non-hydrogen) atoms. The van der Waals surface area contributed by atoms with E-state index in [1.165, 1.54) is 11.8 Å². The number of methoxy groups -OCH3 is 1. The Morgan fingerprint density at radius 1 is 1.06 bits per heavy atom. The Morgan fingerprint density at radius 3 is 2.47 bits per heavy atom. The molecule has 0 unspecified atom stereocenters. The van der Waals surface area contributed by atoms with E-state index >= 15 is 0 Å². The Balaban J connectivity index is 1.47. The molecule has 1 aromatic heterocycles. The van der Waals surface area contributed by atoms with E-state index in [9.17, 15) is 4.79 Å². The zero-order valence-electron chi connectivity index (χ0n) is 19.8. The Bertz CT molecular complexity index is 1370. The van der Waals surface area contributed by atoms with Crippen LogP contribution in [0.5, 0.6) is 5.75 Å². The second kappa shape index (κ2) is 12.2. The molecule has 0 spiro atoms. The SMILES string of the molecule is COc1ccc(-c2nnc(SCC(=O)N/N=C\C(C)=C\c3ccccc3)n2-c2ccc(Cl)cc2)cc1. The number of benzene rings is 3. The lowest BCUT2D eigenvalue weighted by Crippen LogP contribution is -2.20. The maximum Gasteiger partial charge on any atom is 0.250 e. The zero-order chi connectivity index (χ0) is 25.3. The Kier molecular flexibility index (Phi) is 8.54. The standard InChI is InChI=1S/C27H24ClN5O2S/c1-19(16-20-6-4-3-5-7-20)17-29-30-25(34)18-36-27-32-31-26(21-8-14-24(35-2)15-9-21)33(27)23-12-10-22(28)11-13-23/h3-17H,18H2,1-2H3,(H,30,34)/b19-16+,29-17-. The van der Waals surface area contributed by atoms with E-state index < -0.39 is 0 Å². The molecule has 0 saturated carbocycles. The van der Waals surface area contributed by atoms with Gasteiger partial charge in [-0.3, -0.25) is 9.36 Å². The first kappa shape index (κ1) is 25.2. The van der Waals surface area contributed by atoms with Gasteiger partial charge in [-0.25, -0.2) is 5.43 Å². The van der Waals surface area contributed by atoms with Crippen LogP contribution in [0.4, 0.5) is 0 Å². The third kappa shape index (κ3) is 6.62. The third-order valence-electron chi connectivity index (χ3n) is 5.05. The van der Waals surface area contributed by atoms with Gasteiger partial charge in [0.25, 0.3) is 5.91 Å². The van der Waals surface area contributed by atoms with E-state index in [1.54, 1.807) is 25.5 Å². The fraction of sp³-hybridized carbons (Fsp3) is 0.111. The van der Waals surface area contributed by atoms with Gasteiger partial charge in [0.05, 0.1) is 19.1 Å². The number of thioether (sulfide) groups is 1. The summed E-state index contributed by atoms with van der Waals surface area (Å²) in [4.78, 5) is 12.4. The van der Waals surface area contributed by atoms with Crippen LogP contribution in [-0.4, -0.2) is 39.7 Å². The topological polar surface area (TPSA) is 81.4 Å². The van der Waals surface area contributed by atoms with Gasteiger partial charge in [-0.05, 0) is 66.6 Å². The fourth-order valence-corrected chi connectivity index (χ4v) is 4.20. The van der Waals surface area contributed by atoms with E-state index in [1.807, 2.05) is 84.3 Å². The predicted octanol–water partition coefficient (Wildman–Crippen LogP) is 5.89. The van der Waals surface area contributed by atoms with Crippen molar-refractivity contribution >= 4 is 41.6 Å². The summed E-state index contributed by atoms with van der Waals surface area (Å²) in [6.45, 7) is 1.92. The molecule has 7 nitrogen and oxygen atoms in total. The van der Waals surface area contributed by atoms with Crippen LogP contribution < -0.4 is 10.2 Å². The van der Waals surface area contributed by atoms with E-state index in [2.05, 4.69) is 20.7 Å². The Hall–Kier alpha value is -3.88. The quantitative estimate of drug-likeness (QED) is 0.170. The van der Waals surface area contributed by atoms with Crippen LogP contribution in [0.25, 0.3) is 23.2 Å². The molecule has 0 aliphatic carbocycles. The molecule has 0 radical (unpaired) electrons. The lowest BCUT2D eigenvalue weighted by atomic mass is 10.1. The van der Waals surface area contributed by atoms with Crippen molar-refractivity contribution < 1.29 is 9.53 Å². The summed E-state index contributed by atoms with van der Waals surface area (Å²) in [6.07, 6.45) is 3.60. The fourth-order valence-electron chi connectivity index (χ4n) is 3.33. The average molecular weight is 518 g/mol. The normalized spacial score (nSPS) is 11.6. The summed E-state index contributed by atoms with van der Waals surface area (Å²) < 4.78 is 7.15. The summed E-state index contributed by atoms with van der Waals surface area (Å²) in [7, 11) is 1.62. The van der Waals surface area contributed by atoms with E-state index in [-0.39, 0.29) is 11.7 Å². The van der Waals surface area contributed by atoms with Crippen molar-refractivity contribution in [3.05, 3.63) is 95.0 Å². The van der Waals surface area contributed by atoms with Gasteiger partial charge in [0.1, 0.15) is 5.75 Å². The second-order valence-electron chi connectivity index (χ2n) is 7.73. The lowest BCUT2D eigenvalue weighted by molar-refractivity contribution is -0.118. The molecule has 182 valence electrons. The molecule has 3 aromatic carbocycles. The molecule has 0 fully saturated rings. The maximum atomic E-state index is 12.4. The minimum Gasteiger partial charge on any atom is -0.497 e. The molecular weight excluding hydrogens is 494 g/mol. The molecule has 1 heterocycles. The summed E-state index contributed by atoms with van der Waals surface area (Å²) in [6, 6.07) is 24.8. The number of halogens is 1. The Morgan fingerprint density at radius 2 is 1.78 bits per heavy atom. The predicted molar refractivity (Wildman–Crippen MR) is 146 cm³/mol. The van der Waals surface area contributed by atoms with Crippen molar-refractivity contribution in [3.8, 4) is 22.8 Å². The van der Waals surface area contributed by atoms with Crippen LogP contribution in [0.1, 0.15) is 12.5 Å². The summed E-state index contributed by atoms with van der Waals surface area (Å²) in [5.41, 5.74) is 6.24. The van der Waals surface area contributed by atoms with Crippen LogP contribution >= 0.6 is 23.4 Å². The zero-order valence-corrected chi connectivity index (χ0v) is 21.3. The smallest absolute Gasteiger partial charge is 0.250 e. The Labute approximate surface area is 218 Å². The molecule has 0 aliphatic rings. The highest BCUT2D eigenvalue weighted by Gasteiger charge is 2.17. The van der Waals surface area contributed by atoms with Crippen LogP contribution in [0.15, 0.2) is 94.7 Å². The number of nitrogens with zero attached hydrogens (tertiary/aromatic N) is 4. The molecule has 4 rings (SSSR count). The second-order valence-corrected chi connectivity index (χ2v) is 9.11. The van der Waals surface area contributed by atoms with Gasteiger partial charge in [-0.15, -0.1) is 10.2 Å². The lowest BCUT2D eigenvalue weighted by Gasteiger charge is -2.11. The van der Waals surface area contributed by atoms with Crippen molar-refractivity contribution in [1.82, 2.24) is 20.2 Å². The van der Waals surface area contributed by atoms with E-state index in [0.717, 1.165) is 28.1 Å². The summed E-state index contributed by atoms with van der Waals surface area (Å²) in [5, 5.41) is 14.0. The van der Waals surface area contributed by atoms with Crippen molar-refractivity contribution in [3.63, 3.8) is 0 Å². The molecule has 1 amide bonds.